The van der Waals surface area contributed by atoms with Crippen LogP contribution in [0.3, 0.4) is 0 Å². The van der Waals surface area contributed by atoms with Gasteiger partial charge in [0.15, 0.2) is 6.54 Å². The number of rotatable bonds is 5. The number of nitrogens with two attached hydrogens (primary N) is 1. The van der Waals surface area contributed by atoms with Crippen molar-refractivity contribution in [2.45, 2.75) is 12.8 Å². The number of carbonyl (C=O) groups is 2. The molecule has 1 amide bonds. The first kappa shape index (κ1) is 16.4. The van der Waals surface area contributed by atoms with Gasteiger partial charge in [-0.05, 0) is 12.1 Å². The van der Waals surface area contributed by atoms with Crippen LogP contribution in [0, 0.1) is 5.92 Å². The maximum Gasteiger partial charge on any atom is 0.279 e. The van der Waals surface area contributed by atoms with E-state index in [1.165, 1.54) is 0 Å². The number of amides is 1. The van der Waals surface area contributed by atoms with Crippen LogP contribution in [-0.2, 0) is 9.59 Å². The fourth-order valence-corrected chi connectivity index (χ4v) is 2.75. The molecule has 22 heavy (non-hydrogen) atoms. The summed E-state index contributed by atoms with van der Waals surface area (Å²) in [5, 5.41) is 13.6. The summed E-state index contributed by atoms with van der Waals surface area (Å²) in [6.07, 6.45) is 1.11. The van der Waals surface area contributed by atoms with Crippen LogP contribution in [0.5, 0.6) is 0 Å². The SMILES string of the molecule is NC(=S)c1cccc(NC(=O)C[NH+]2CCC(C(=O)[O-])CC2)c1. The second kappa shape index (κ2) is 7.33. The molecule has 118 valence electrons. The largest absolute Gasteiger partial charge is 0.550 e. The highest BCUT2D eigenvalue weighted by molar-refractivity contribution is 7.80. The Balaban J connectivity index is 1.85. The molecule has 0 aliphatic carbocycles. The molecule has 1 aromatic carbocycles. The van der Waals surface area contributed by atoms with Crippen LogP contribution >= 0.6 is 12.2 Å². The minimum atomic E-state index is -0.988. The minimum Gasteiger partial charge on any atom is -0.550 e. The molecular formula is C15H19N3O3S. The third-order valence-corrected chi connectivity index (χ3v) is 4.10. The van der Waals surface area contributed by atoms with E-state index in [9.17, 15) is 14.7 Å². The monoisotopic (exact) mass is 321 g/mol. The lowest BCUT2D eigenvalue weighted by atomic mass is 9.97. The summed E-state index contributed by atoms with van der Waals surface area (Å²) in [5.41, 5.74) is 6.92. The van der Waals surface area contributed by atoms with E-state index in [4.69, 9.17) is 18.0 Å². The van der Waals surface area contributed by atoms with Crippen molar-refractivity contribution in [2.75, 3.05) is 25.0 Å². The predicted octanol–water partition coefficient (Wildman–Crippen LogP) is -1.70. The quantitative estimate of drug-likeness (QED) is 0.562. The molecule has 7 heteroatoms. The highest BCUT2D eigenvalue weighted by atomic mass is 32.1. The summed E-state index contributed by atoms with van der Waals surface area (Å²) >= 11 is 4.91. The average Bonchev–Trinajstić information content (AvgIpc) is 2.47. The van der Waals surface area contributed by atoms with Crippen molar-refractivity contribution in [3.05, 3.63) is 29.8 Å². The van der Waals surface area contributed by atoms with E-state index in [0.29, 0.717) is 43.7 Å². The molecule has 1 saturated heterocycles. The molecule has 0 spiro atoms. The second-order valence-corrected chi connectivity index (χ2v) is 5.95. The Labute approximate surface area is 134 Å². The number of thiocarbonyl (C=S) groups is 1. The zero-order valence-electron chi connectivity index (χ0n) is 12.1. The number of anilines is 1. The zero-order chi connectivity index (χ0) is 16.1. The van der Waals surface area contributed by atoms with Gasteiger partial charge in [-0.15, -0.1) is 0 Å². The summed E-state index contributed by atoms with van der Waals surface area (Å²) in [5.74, 6) is -1.48. The molecule has 2 rings (SSSR count). The van der Waals surface area contributed by atoms with E-state index in [-0.39, 0.29) is 16.8 Å². The number of carboxylic acids is 1. The summed E-state index contributed by atoms with van der Waals surface area (Å²) < 4.78 is 0. The smallest absolute Gasteiger partial charge is 0.279 e. The fourth-order valence-electron chi connectivity index (χ4n) is 2.62. The van der Waals surface area contributed by atoms with Crippen molar-refractivity contribution in [2.24, 2.45) is 11.7 Å². The first-order valence-corrected chi connectivity index (χ1v) is 7.60. The number of aliphatic carboxylic acids is 1. The summed E-state index contributed by atoms with van der Waals surface area (Å²) in [6.45, 7) is 1.65. The third kappa shape index (κ3) is 4.51. The van der Waals surface area contributed by atoms with Crippen LogP contribution in [0.15, 0.2) is 24.3 Å². The van der Waals surface area contributed by atoms with E-state index in [1.54, 1.807) is 24.3 Å². The molecule has 0 saturated carbocycles. The Hall–Kier alpha value is -1.99. The van der Waals surface area contributed by atoms with E-state index >= 15 is 0 Å². The molecule has 4 N–H and O–H groups in total. The van der Waals surface area contributed by atoms with E-state index in [2.05, 4.69) is 5.32 Å². The Kier molecular flexibility index (Phi) is 5.46. The van der Waals surface area contributed by atoms with E-state index < -0.39 is 5.97 Å². The van der Waals surface area contributed by atoms with Crippen molar-refractivity contribution in [3.63, 3.8) is 0 Å². The van der Waals surface area contributed by atoms with Gasteiger partial charge in [-0.3, -0.25) is 4.79 Å². The number of likely N-dealkylation sites (tertiary alicyclic amines) is 1. The summed E-state index contributed by atoms with van der Waals surface area (Å²) in [6, 6.07) is 7.07. The summed E-state index contributed by atoms with van der Waals surface area (Å²) in [7, 11) is 0. The maximum atomic E-state index is 12.1. The molecule has 1 fully saturated rings. The van der Waals surface area contributed by atoms with Gasteiger partial charge in [0.05, 0.1) is 13.1 Å². The van der Waals surface area contributed by atoms with Gasteiger partial charge in [0.2, 0.25) is 0 Å². The Bertz CT molecular complexity index is 583. The van der Waals surface area contributed by atoms with Gasteiger partial charge in [-0.25, -0.2) is 0 Å². The first-order valence-electron chi connectivity index (χ1n) is 7.20. The summed E-state index contributed by atoms with van der Waals surface area (Å²) in [4.78, 5) is 24.2. The normalized spacial score (nSPS) is 21.1. The second-order valence-electron chi connectivity index (χ2n) is 5.51. The molecule has 1 aromatic rings. The van der Waals surface area contributed by atoms with Crippen molar-refractivity contribution in [1.82, 2.24) is 0 Å². The topological polar surface area (TPSA) is 99.7 Å². The number of hydrogen-bond acceptors (Lipinski definition) is 4. The van der Waals surface area contributed by atoms with Crippen LogP contribution in [-0.4, -0.2) is 36.5 Å². The van der Waals surface area contributed by atoms with Crippen LogP contribution in [0.2, 0.25) is 0 Å². The lowest BCUT2D eigenvalue weighted by molar-refractivity contribution is -0.897. The van der Waals surface area contributed by atoms with Gasteiger partial charge in [-0.1, -0.05) is 24.4 Å². The van der Waals surface area contributed by atoms with Crippen LogP contribution in [0.1, 0.15) is 18.4 Å². The highest BCUT2D eigenvalue weighted by Gasteiger charge is 2.24. The first-order chi connectivity index (χ1) is 10.5. The average molecular weight is 321 g/mol. The van der Waals surface area contributed by atoms with Crippen LogP contribution in [0.25, 0.3) is 0 Å². The number of carbonyl (C=O) groups excluding carboxylic acids is 2. The minimum absolute atomic E-state index is 0.109. The molecule has 0 bridgehead atoms. The Morgan fingerprint density at radius 1 is 1.36 bits per heavy atom. The number of nitrogens with one attached hydrogen (secondary N) is 2. The van der Waals surface area contributed by atoms with Crippen molar-refractivity contribution < 1.29 is 19.6 Å². The number of piperidine rings is 1. The van der Waals surface area contributed by atoms with E-state index in [1.807, 2.05) is 0 Å². The Morgan fingerprint density at radius 3 is 2.64 bits per heavy atom. The molecule has 0 unspecified atom stereocenters. The van der Waals surface area contributed by atoms with Crippen molar-refractivity contribution >= 4 is 34.8 Å². The molecule has 1 heterocycles. The number of hydrogen-bond donors (Lipinski definition) is 3. The lowest BCUT2D eigenvalue weighted by Crippen LogP contribution is -3.14. The highest BCUT2D eigenvalue weighted by Crippen LogP contribution is 2.10. The van der Waals surface area contributed by atoms with Gasteiger partial charge >= 0.3 is 0 Å². The maximum absolute atomic E-state index is 12.1. The molecule has 0 radical (unpaired) electrons. The van der Waals surface area contributed by atoms with Crippen molar-refractivity contribution in [1.29, 1.82) is 0 Å². The van der Waals surface area contributed by atoms with Gasteiger partial charge in [-0.2, -0.15) is 0 Å². The molecule has 1 aliphatic heterocycles. The Morgan fingerprint density at radius 2 is 2.05 bits per heavy atom. The van der Waals surface area contributed by atoms with Gasteiger partial charge < -0.3 is 25.9 Å². The standard InChI is InChI=1S/C15H19N3O3S/c16-14(22)11-2-1-3-12(8-11)17-13(19)9-18-6-4-10(5-7-18)15(20)21/h1-3,8,10H,4-7,9H2,(H2,16,22)(H,17,19)(H,20,21). The molecule has 0 atom stereocenters. The van der Waals surface area contributed by atoms with Crippen LogP contribution in [0.4, 0.5) is 5.69 Å². The van der Waals surface area contributed by atoms with Gasteiger partial charge in [0.1, 0.15) is 4.99 Å². The fraction of sp³-hybridized carbons (Fsp3) is 0.400. The molecule has 6 nitrogen and oxygen atoms in total. The molecule has 1 aliphatic rings. The molecular weight excluding hydrogens is 302 g/mol. The predicted molar refractivity (Wildman–Crippen MR) is 84.3 cm³/mol. The van der Waals surface area contributed by atoms with Gasteiger partial charge in [0.25, 0.3) is 5.91 Å². The third-order valence-electron chi connectivity index (χ3n) is 3.87. The van der Waals surface area contributed by atoms with Crippen molar-refractivity contribution in [3.8, 4) is 0 Å². The lowest BCUT2D eigenvalue weighted by Gasteiger charge is -2.29. The number of carboxylic acid groups (broad SMARTS) is 1. The zero-order valence-corrected chi connectivity index (χ0v) is 12.9. The van der Waals surface area contributed by atoms with Crippen LogP contribution < -0.4 is 21.1 Å². The molecule has 0 aromatic heterocycles. The van der Waals surface area contributed by atoms with Gasteiger partial charge in [0, 0.05) is 36.0 Å². The number of quaternary nitrogens is 1. The number of benzene rings is 1. The van der Waals surface area contributed by atoms with E-state index in [0.717, 1.165) is 4.90 Å².